The van der Waals surface area contributed by atoms with Crippen LogP contribution < -0.4 is 5.32 Å². The van der Waals surface area contributed by atoms with Crippen molar-refractivity contribution in [2.75, 3.05) is 25.0 Å². The summed E-state index contributed by atoms with van der Waals surface area (Å²) in [6.07, 6.45) is 0. The van der Waals surface area contributed by atoms with Crippen LogP contribution in [0, 0.1) is 17.5 Å². The van der Waals surface area contributed by atoms with E-state index in [0.29, 0.717) is 12.1 Å². The predicted molar refractivity (Wildman–Crippen MR) is 92.2 cm³/mol. The number of halogens is 3. The van der Waals surface area contributed by atoms with E-state index in [9.17, 15) is 26.4 Å². The minimum atomic E-state index is -3.94. The molecule has 0 bridgehead atoms. The Bertz CT molecular complexity index is 928. The van der Waals surface area contributed by atoms with Gasteiger partial charge in [-0.25, -0.2) is 21.6 Å². The number of carbonyl (C=O) groups is 1. The van der Waals surface area contributed by atoms with E-state index in [0.717, 1.165) is 10.4 Å². The van der Waals surface area contributed by atoms with Gasteiger partial charge in [-0.1, -0.05) is 13.0 Å². The molecule has 0 aromatic heterocycles. The molecule has 0 aliphatic rings. The van der Waals surface area contributed by atoms with E-state index in [1.807, 2.05) is 0 Å². The molecule has 0 saturated carbocycles. The van der Waals surface area contributed by atoms with Crippen molar-refractivity contribution in [3.63, 3.8) is 0 Å². The van der Waals surface area contributed by atoms with Gasteiger partial charge in [0.1, 0.15) is 0 Å². The second-order valence-corrected chi connectivity index (χ2v) is 7.39. The van der Waals surface area contributed by atoms with Crippen molar-refractivity contribution in [3.8, 4) is 0 Å². The lowest BCUT2D eigenvalue weighted by Gasteiger charge is -2.19. The van der Waals surface area contributed by atoms with Gasteiger partial charge < -0.3 is 10.4 Å². The van der Waals surface area contributed by atoms with Crippen LogP contribution in [0.2, 0.25) is 0 Å². The SMILES string of the molecule is CCN(CCO)S(=O)(=O)c1cccc(C(=O)Nc2cc(F)c(F)c(F)c2)c1. The summed E-state index contributed by atoms with van der Waals surface area (Å²) in [6.45, 7) is 1.24. The summed E-state index contributed by atoms with van der Waals surface area (Å²) in [4.78, 5) is 12.1. The number of nitrogens with zero attached hydrogens (tertiary/aromatic N) is 1. The molecule has 2 aromatic carbocycles. The summed E-state index contributed by atoms with van der Waals surface area (Å²) in [6, 6.07) is 6.24. The molecule has 2 rings (SSSR count). The second kappa shape index (κ2) is 8.51. The molecule has 1 amide bonds. The fourth-order valence-electron chi connectivity index (χ4n) is 2.34. The molecule has 0 atom stereocenters. The number of benzene rings is 2. The third-order valence-corrected chi connectivity index (χ3v) is 5.65. The van der Waals surface area contributed by atoms with Gasteiger partial charge in [0.25, 0.3) is 5.91 Å². The van der Waals surface area contributed by atoms with E-state index in [1.165, 1.54) is 18.2 Å². The van der Waals surface area contributed by atoms with Gasteiger partial charge in [0.2, 0.25) is 10.0 Å². The largest absolute Gasteiger partial charge is 0.395 e. The molecule has 2 aromatic rings. The zero-order chi connectivity index (χ0) is 20.2. The smallest absolute Gasteiger partial charge is 0.255 e. The van der Waals surface area contributed by atoms with Crippen LogP contribution >= 0.6 is 0 Å². The molecule has 6 nitrogen and oxygen atoms in total. The van der Waals surface area contributed by atoms with Crippen molar-refractivity contribution in [1.29, 1.82) is 0 Å². The molecule has 0 aliphatic heterocycles. The minimum absolute atomic E-state index is 0.0822. The van der Waals surface area contributed by atoms with Crippen molar-refractivity contribution in [1.82, 2.24) is 4.31 Å². The van der Waals surface area contributed by atoms with Crippen LogP contribution in [0.15, 0.2) is 41.3 Å². The molecular weight excluding hydrogens is 385 g/mol. The third kappa shape index (κ3) is 4.65. The molecule has 0 aliphatic carbocycles. The molecule has 0 unspecified atom stereocenters. The summed E-state index contributed by atoms with van der Waals surface area (Å²) in [5, 5.41) is 11.2. The van der Waals surface area contributed by atoms with Gasteiger partial charge >= 0.3 is 0 Å². The summed E-state index contributed by atoms with van der Waals surface area (Å²) in [5.74, 6) is -5.43. The lowest BCUT2D eigenvalue weighted by Crippen LogP contribution is -2.33. The van der Waals surface area contributed by atoms with Crippen LogP contribution in [0.4, 0.5) is 18.9 Å². The summed E-state index contributed by atoms with van der Waals surface area (Å²) >= 11 is 0. The van der Waals surface area contributed by atoms with Gasteiger partial charge in [-0.15, -0.1) is 0 Å². The Morgan fingerprint density at radius 1 is 1.15 bits per heavy atom. The Morgan fingerprint density at radius 3 is 2.33 bits per heavy atom. The number of hydrogen-bond acceptors (Lipinski definition) is 4. The van der Waals surface area contributed by atoms with Crippen molar-refractivity contribution in [2.45, 2.75) is 11.8 Å². The van der Waals surface area contributed by atoms with Gasteiger partial charge in [-0.05, 0) is 18.2 Å². The summed E-state index contributed by atoms with van der Waals surface area (Å²) < 4.78 is 65.6. The lowest BCUT2D eigenvalue weighted by molar-refractivity contribution is 0.102. The van der Waals surface area contributed by atoms with Crippen molar-refractivity contribution in [2.24, 2.45) is 0 Å². The molecular formula is C17H17F3N2O4S. The van der Waals surface area contributed by atoms with Gasteiger partial charge in [0.15, 0.2) is 17.5 Å². The first-order chi connectivity index (χ1) is 12.7. The highest BCUT2D eigenvalue weighted by molar-refractivity contribution is 7.89. The van der Waals surface area contributed by atoms with E-state index in [2.05, 4.69) is 5.32 Å². The maximum absolute atomic E-state index is 13.2. The zero-order valence-corrected chi connectivity index (χ0v) is 15.1. The average Bonchev–Trinajstić information content (AvgIpc) is 2.64. The Balaban J connectivity index is 2.30. The van der Waals surface area contributed by atoms with Crippen LogP contribution in [0.3, 0.4) is 0 Å². The number of anilines is 1. The number of aliphatic hydroxyl groups is 1. The van der Waals surface area contributed by atoms with Crippen molar-refractivity contribution < 1.29 is 31.5 Å². The molecule has 0 heterocycles. The number of amides is 1. The van der Waals surface area contributed by atoms with Gasteiger partial charge in [-0.3, -0.25) is 4.79 Å². The number of rotatable bonds is 7. The number of hydrogen-bond donors (Lipinski definition) is 2. The van der Waals surface area contributed by atoms with Crippen LogP contribution in [0.5, 0.6) is 0 Å². The molecule has 0 spiro atoms. The first-order valence-electron chi connectivity index (χ1n) is 7.87. The third-order valence-electron chi connectivity index (χ3n) is 3.68. The van der Waals surface area contributed by atoms with E-state index in [1.54, 1.807) is 6.92 Å². The standard InChI is InChI=1S/C17H17F3N2O4S/c1-2-22(6-7-23)27(25,26)13-5-3-4-11(8-13)17(24)21-12-9-14(18)16(20)15(19)10-12/h3-5,8-10,23H,2,6-7H2,1H3,(H,21,24). The summed E-state index contributed by atoms with van der Waals surface area (Å²) in [7, 11) is -3.94. The van der Waals surface area contributed by atoms with Gasteiger partial charge in [0.05, 0.1) is 11.5 Å². The molecule has 27 heavy (non-hydrogen) atoms. The highest BCUT2D eigenvalue weighted by Crippen LogP contribution is 2.20. The van der Waals surface area contributed by atoms with Crippen LogP contribution in [-0.2, 0) is 10.0 Å². The normalized spacial score (nSPS) is 11.6. The predicted octanol–water partition coefficient (Wildman–Crippen LogP) is 2.36. The van der Waals surface area contributed by atoms with E-state index in [-0.39, 0.29) is 35.8 Å². The Morgan fingerprint density at radius 2 is 1.78 bits per heavy atom. The molecule has 10 heteroatoms. The lowest BCUT2D eigenvalue weighted by atomic mass is 10.2. The highest BCUT2D eigenvalue weighted by Gasteiger charge is 2.23. The fraction of sp³-hybridized carbons (Fsp3) is 0.235. The van der Waals surface area contributed by atoms with Crippen molar-refractivity contribution in [3.05, 3.63) is 59.4 Å². The number of carbonyl (C=O) groups excluding carboxylic acids is 1. The Kier molecular flexibility index (Phi) is 6.58. The van der Waals surface area contributed by atoms with Crippen molar-refractivity contribution >= 4 is 21.6 Å². The first kappa shape index (κ1) is 20.9. The average molecular weight is 402 g/mol. The fourth-order valence-corrected chi connectivity index (χ4v) is 3.82. The highest BCUT2D eigenvalue weighted by atomic mass is 32.2. The molecule has 0 saturated heterocycles. The second-order valence-electron chi connectivity index (χ2n) is 5.46. The Labute approximate surface area is 154 Å². The summed E-state index contributed by atoms with van der Waals surface area (Å²) in [5.41, 5.74) is -0.401. The number of aliphatic hydroxyl groups excluding tert-OH is 1. The quantitative estimate of drug-likeness (QED) is 0.696. The van der Waals surface area contributed by atoms with Crippen LogP contribution in [-0.4, -0.2) is 43.4 Å². The topological polar surface area (TPSA) is 86.7 Å². The molecule has 146 valence electrons. The minimum Gasteiger partial charge on any atom is -0.395 e. The van der Waals surface area contributed by atoms with E-state index < -0.39 is 33.4 Å². The number of likely N-dealkylation sites (N-methyl/N-ethyl adjacent to an activating group) is 1. The van der Waals surface area contributed by atoms with E-state index in [4.69, 9.17) is 5.11 Å². The molecule has 0 fully saturated rings. The first-order valence-corrected chi connectivity index (χ1v) is 9.31. The van der Waals surface area contributed by atoms with Gasteiger partial charge in [0, 0.05) is 36.5 Å². The van der Waals surface area contributed by atoms with Gasteiger partial charge in [-0.2, -0.15) is 4.31 Å². The van der Waals surface area contributed by atoms with Crippen LogP contribution in [0.1, 0.15) is 17.3 Å². The molecule has 0 radical (unpaired) electrons. The zero-order valence-electron chi connectivity index (χ0n) is 14.2. The molecule has 2 N–H and O–H groups in total. The van der Waals surface area contributed by atoms with E-state index >= 15 is 0 Å². The number of nitrogens with one attached hydrogen (secondary N) is 1. The van der Waals surface area contributed by atoms with Crippen LogP contribution in [0.25, 0.3) is 0 Å². The maximum Gasteiger partial charge on any atom is 0.255 e. The monoisotopic (exact) mass is 402 g/mol. The Hall–Kier alpha value is -2.43. The maximum atomic E-state index is 13.2. The number of sulfonamides is 1.